The Kier molecular flexibility index (Phi) is 5.83. The van der Waals surface area contributed by atoms with E-state index in [9.17, 15) is 8.42 Å². The molecule has 1 atom stereocenters. The lowest BCUT2D eigenvalue weighted by Gasteiger charge is -2.23. The van der Waals surface area contributed by atoms with E-state index in [1.54, 1.807) is 12.1 Å². The van der Waals surface area contributed by atoms with Crippen LogP contribution in [0, 0.1) is 0 Å². The van der Waals surface area contributed by atoms with Crippen LogP contribution >= 0.6 is 0 Å². The van der Waals surface area contributed by atoms with Gasteiger partial charge in [-0.15, -0.1) is 0 Å². The van der Waals surface area contributed by atoms with Crippen molar-refractivity contribution in [2.24, 2.45) is 0 Å². The second-order valence-electron chi connectivity index (χ2n) is 5.19. The lowest BCUT2D eigenvalue weighted by molar-refractivity contribution is 0.261. The van der Waals surface area contributed by atoms with Crippen molar-refractivity contribution in [1.82, 2.24) is 4.90 Å². The summed E-state index contributed by atoms with van der Waals surface area (Å²) in [6.45, 7) is 6.03. The van der Waals surface area contributed by atoms with Crippen molar-refractivity contribution in [2.75, 3.05) is 37.4 Å². The molecular weight excluding hydrogens is 274 g/mol. The van der Waals surface area contributed by atoms with E-state index in [0.717, 1.165) is 25.2 Å². The second-order valence-corrected chi connectivity index (χ2v) is 7.20. The molecule has 6 heteroatoms. The standard InChI is InChI=1S/C14H25N3O2S/c1-5-11(2)17(3)9-8-16-14-7-6-12(10-13(14)15)20(4,18)19/h6-7,10-11,16H,5,8-9,15H2,1-4H3. The van der Waals surface area contributed by atoms with E-state index in [0.29, 0.717) is 11.7 Å². The third-order valence-corrected chi connectivity index (χ3v) is 4.68. The SMILES string of the molecule is CCC(C)N(C)CCNc1ccc(S(C)(=O)=O)cc1N. The zero-order chi connectivity index (χ0) is 15.3. The molecule has 0 amide bonds. The molecule has 0 heterocycles. The van der Waals surface area contributed by atoms with Crippen LogP contribution < -0.4 is 11.1 Å². The van der Waals surface area contributed by atoms with Gasteiger partial charge in [0.05, 0.1) is 16.3 Å². The van der Waals surface area contributed by atoms with E-state index in [4.69, 9.17) is 5.73 Å². The lowest BCUT2D eigenvalue weighted by Crippen LogP contribution is -2.32. The molecule has 0 aromatic heterocycles. The van der Waals surface area contributed by atoms with Crippen LogP contribution in [0.1, 0.15) is 20.3 Å². The molecule has 0 saturated heterocycles. The minimum absolute atomic E-state index is 0.247. The number of nitrogens with zero attached hydrogens (tertiary/aromatic N) is 1. The second kappa shape index (κ2) is 6.95. The number of anilines is 2. The number of sulfone groups is 1. The maximum Gasteiger partial charge on any atom is 0.175 e. The fraction of sp³-hybridized carbons (Fsp3) is 0.571. The van der Waals surface area contributed by atoms with Crippen LogP contribution in [0.4, 0.5) is 11.4 Å². The summed E-state index contributed by atoms with van der Waals surface area (Å²) in [6, 6.07) is 5.33. The van der Waals surface area contributed by atoms with Crippen molar-refractivity contribution >= 4 is 21.2 Å². The van der Waals surface area contributed by atoms with Crippen LogP contribution in [0.3, 0.4) is 0 Å². The highest BCUT2D eigenvalue weighted by Crippen LogP contribution is 2.22. The molecule has 20 heavy (non-hydrogen) atoms. The summed E-state index contributed by atoms with van der Waals surface area (Å²) in [6.07, 6.45) is 2.29. The molecule has 0 spiro atoms. The van der Waals surface area contributed by atoms with Crippen molar-refractivity contribution in [2.45, 2.75) is 31.2 Å². The zero-order valence-corrected chi connectivity index (χ0v) is 13.5. The number of nitrogens with one attached hydrogen (secondary N) is 1. The number of benzene rings is 1. The van der Waals surface area contributed by atoms with Crippen LogP contribution in [-0.4, -0.2) is 45.8 Å². The summed E-state index contributed by atoms with van der Waals surface area (Å²) in [5.41, 5.74) is 7.11. The quantitative estimate of drug-likeness (QED) is 0.751. The summed E-state index contributed by atoms with van der Waals surface area (Å²) in [5.74, 6) is 0. The highest BCUT2D eigenvalue weighted by molar-refractivity contribution is 7.90. The first-order chi connectivity index (χ1) is 9.25. The first-order valence-electron chi connectivity index (χ1n) is 6.79. The van der Waals surface area contributed by atoms with E-state index in [-0.39, 0.29) is 4.90 Å². The zero-order valence-electron chi connectivity index (χ0n) is 12.7. The minimum atomic E-state index is -3.21. The number of likely N-dealkylation sites (N-methyl/N-ethyl adjacent to an activating group) is 1. The van der Waals surface area contributed by atoms with Gasteiger partial charge in [0, 0.05) is 25.4 Å². The summed E-state index contributed by atoms with van der Waals surface area (Å²) in [7, 11) is -1.12. The van der Waals surface area contributed by atoms with Gasteiger partial charge < -0.3 is 16.0 Å². The highest BCUT2D eigenvalue weighted by atomic mass is 32.2. The van der Waals surface area contributed by atoms with Gasteiger partial charge in [-0.05, 0) is 38.6 Å². The van der Waals surface area contributed by atoms with E-state index in [1.807, 2.05) is 0 Å². The molecule has 0 aliphatic carbocycles. The Morgan fingerprint density at radius 2 is 2.05 bits per heavy atom. The Morgan fingerprint density at radius 3 is 2.55 bits per heavy atom. The van der Waals surface area contributed by atoms with Crippen molar-refractivity contribution in [1.29, 1.82) is 0 Å². The Hall–Kier alpha value is -1.27. The molecule has 0 bridgehead atoms. The van der Waals surface area contributed by atoms with Gasteiger partial charge in [0.1, 0.15) is 0 Å². The average Bonchev–Trinajstić information content (AvgIpc) is 2.38. The van der Waals surface area contributed by atoms with Gasteiger partial charge in [0.2, 0.25) is 0 Å². The predicted molar refractivity (Wildman–Crippen MR) is 84.8 cm³/mol. The maximum absolute atomic E-state index is 11.4. The Bertz CT molecular complexity index is 543. The number of nitrogens with two attached hydrogens (primary N) is 1. The van der Waals surface area contributed by atoms with Gasteiger partial charge >= 0.3 is 0 Å². The molecule has 0 aliphatic rings. The van der Waals surface area contributed by atoms with Crippen LogP contribution in [0.5, 0.6) is 0 Å². The van der Waals surface area contributed by atoms with E-state index in [2.05, 4.69) is 31.1 Å². The predicted octanol–water partition coefficient (Wildman–Crippen LogP) is 1.81. The average molecular weight is 299 g/mol. The molecule has 0 saturated carbocycles. The van der Waals surface area contributed by atoms with E-state index >= 15 is 0 Å². The van der Waals surface area contributed by atoms with Gasteiger partial charge in [-0.2, -0.15) is 0 Å². The molecule has 1 aromatic rings. The fourth-order valence-corrected chi connectivity index (χ4v) is 2.49. The Morgan fingerprint density at radius 1 is 1.40 bits per heavy atom. The van der Waals surface area contributed by atoms with Crippen molar-refractivity contribution in [3.63, 3.8) is 0 Å². The Labute approximate surface area is 122 Å². The molecular formula is C14H25N3O2S. The van der Waals surface area contributed by atoms with Crippen LogP contribution in [0.25, 0.3) is 0 Å². The van der Waals surface area contributed by atoms with Gasteiger partial charge in [-0.1, -0.05) is 6.92 Å². The summed E-state index contributed by atoms with van der Waals surface area (Å²) in [4.78, 5) is 2.52. The first-order valence-corrected chi connectivity index (χ1v) is 8.68. The summed E-state index contributed by atoms with van der Waals surface area (Å²) < 4.78 is 22.9. The van der Waals surface area contributed by atoms with Gasteiger partial charge in [0.25, 0.3) is 0 Å². The summed E-state index contributed by atoms with van der Waals surface area (Å²) >= 11 is 0. The third-order valence-electron chi connectivity index (χ3n) is 3.57. The molecule has 0 aliphatic heterocycles. The maximum atomic E-state index is 11.4. The van der Waals surface area contributed by atoms with E-state index < -0.39 is 9.84 Å². The van der Waals surface area contributed by atoms with Gasteiger partial charge in [0.15, 0.2) is 9.84 Å². The minimum Gasteiger partial charge on any atom is -0.397 e. The Balaban J connectivity index is 2.62. The molecule has 0 fully saturated rings. The number of rotatable bonds is 7. The van der Waals surface area contributed by atoms with Crippen LogP contribution in [0.2, 0.25) is 0 Å². The smallest absolute Gasteiger partial charge is 0.175 e. The van der Waals surface area contributed by atoms with Crippen LogP contribution in [-0.2, 0) is 9.84 Å². The molecule has 3 N–H and O–H groups in total. The van der Waals surface area contributed by atoms with Gasteiger partial charge in [-0.3, -0.25) is 0 Å². The lowest BCUT2D eigenvalue weighted by atomic mass is 10.2. The van der Waals surface area contributed by atoms with Crippen molar-refractivity contribution in [3.05, 3.63) is 18.2 Å². The van der Waals surface area contributed by atoms with Gasteiger partial charge in [-0.25, -0.2) is 8.42 Å². The van der Waals surface area contributed by atoms with E-state index in [1.165, 1.54) is 12.3 Å². The molecule has 1 aromatic carbocycles. The molecule has 1 unspecified atom stereocenters. The monoisotopic (exact) mass is 299 g/mol. The van der Waals surface area contributed by atoms with Crippen molar-refractivity contribution in [3.8, 4) is 0 Å². The first kappa shape index (κ1) is 16.8. The number of hydrogen-bond donors (Lipinski definition) is 2. The summed E-state index contributed by atoms with van der Waals surface area (Å²) in [5, 5.41) is 3.24. The fourth-order valence-electron chi connectivity index (χ4n) is 1.83. The molecule has 114 valence electrons. The molecule has 1 rings (SSSR count). The molecule has 0 radical (unpaired) electrons. The largest absolute Gasteiger partial charge is 0.397 e. The normalized spacial score (nSPS) is 13.4. The number of hydrogen-bond acceptors (Lipinski definition) is 5. The third kappa shape index (κ3) is 4.68. The topological polar surface area (TPSA) is 75.4 Å². The van der Waals surface area contributed by atoms with Crippen LogP contribution in [0.15, 0.2) is 23.1 Å². The molecule has 5 nitrogen and oxygen atoms in total. The highest BCUT2D eigenvalue weighted by Gasteiger charge is 2.10. The van der Waals surface area contributed by atoms with Crippen molar-refractivity contribution < 1.29 is 8.42 Å². The number of nitrogen functional groups attached to an aromatic ring is 1.